The molecule has 0 aliphatic rings. The molecule has 0 saturated heterocycles. The maximum atomic E-state index is 12.7. The number of carbonyl (C=O) groups excluding carboxylic acids is 1. The summed E-state index contributed by atoms with van der Waals surface area (Å²) in [6.45, 7) is 1.85. The van der Waals surface area contributed by atoms with Crippen molar-refractivity contribution >= 4 is 44.2 Å². The third-order valence-corrected chi connectivity index (χ3v) is 6.09. The SMILES string of the molecule is Cc1cc2nn(-c3cccc4ccccc34)nc2cc1NC(=O)COc1cccc2ccccc12. The van der Waals surface area contributed by atoms with Gasteiger partial charge in [-0.2, -0.15) is 0 Å². The molecular formula is C29H22N4O2. The van der Waals surface area contributed by atoms with E-state index in [1.54, 1.807) is 4.80 Å². The van der Waals surface area contributed by atoms with Gasteiger partial charge < -0.3 is 10.1 Å². The zero-order valence-electron chi connectivity index (χ0n) is 19.1. The molecule has 1 heterocycles. The molecule has 0 saturated carbocycles. The lowest BCUT2D eigenvalue weighted by Crippen LogP contribution is -2.20. The number of nitrogens with one attached hydrogen (secondary N) is 1. The molecular weight excluding hydrogens is 436 g/mol. The summed E-state index contributed by atoms with van der Waals surface area (Å²) >= 11 is 0. The maximum Gasteiger partial charge on any atom is 0.262 e. The summed E-state index contributed by atoms with van der Waals surface area (Å²) in [4.78, 5) is 14.4. The van der Waals surface area contributed by atoms with Gasteiger partial charge in [0, 0.05) is 16.5 Å². The van der Waals surface area contributed by atoms with Gasteiger partial charge in [0.05, 0.1) is 5.69 Å². The number of hydrogen-bond donors (Lipinski definition) is 1. The molecule has 0 fully saturated rings. The van der Waals surface area contributed by atoms with Crippen LogP contribution in [-0.4, -0.2) is 27.5 Å². The van der Waals surface area contributed by atoms with Gasteiger partial charge in [0.2, 0.25) is 0 Å². The molecule has 0 aliphatic heterocycles. The topological polar surface area (TPSA) is 69.0 Å². The van der Waals surface area contributed by atoms with Gasteiger partial charge in [0.15, 0.2) is 6.61 Å². The lowest BCUT2D eigenvalue weighted by molar-refractivity contribution is -0.118. The normalized spacial score (nSPS) is 11.2. The van der Waals surface area contributed by atoms with E-state index in [9.17, 15) is 4.79 Å². The number of rotatable bonds is 5. The molecule has 1 aromatic heterocycles. The zero-order valence-corrected chi connectivity index (χ0v) is 19.1. The monoisotopic (exact) mass is 458 g/mol. The second-order valence-electron chi connectivity index (χ2n) is 8.46. The number of aromatic nitrogens is 3. The number of fused-ring (bicyclic) bond motifs is 3. The van der Waals surface area contributed by atoms with Crippen molar-refractivity contribution in [2.24, 2.45) is 0 Å². The number of anilines is 1. The van der Waals surface area contributed by atoms with E-state index in [0.29, 0.717) is 17.0 Å². The van der Waals surface area contributed by atoms with Gasteiger partial charge in [0.1, 0.15) is 16.8 Å². The molecule has 6 aromatic rings. The van der Waals surface area contributed by atoms with Crippen LogP contribution in [0.4, 0.5) is 5.69 Å². The fourth-order valence-corrected chi connectivity index (χ4v) is 4.34. The van der Waals surface area contributed by atoms with Crippen LogP contribution in [0.15, 0.2) is 97.1 Å². The van der Waals surface area contributed by atoms with E-state index in [-0.39, 0.29) is 12.5 Å². The Morgan fingerprint density at radius 2 is 1.43 bits per heavy atom. The Morgan fingerprint density at radius 3 is 2.23 bits per heavy atom. The molecule has 5 aromatic carbocycles. The first-order chi connectivity index (χ1) is 17.2. The summed E-state index contributed by atoms with van der Waals surface area (Å²) in [5, 5.41) is 16.6. The van der Waals surface area contributed by atoms with Crippen LogP contribution < -0.4 is 10.1 Å². The van der Waals surface area contributed by atoms with E-state index < -0.39 is 0 Å². The van der Waals surface area contributed by atoms with Gasteiger partial charge >= 0.3 is 0 Å². The quantitative estimate of drug-likeness (QED) is 0.341. The largest absolute Gasteiger partial charge is 0.483 e. The maximum absolute atomic E-state index is 12.7. The van der Waals surface area contributed by atoms with Crippen LogP contribution in [0.2, 0.25) is 0 Å². The number of carbonyl (C=O) groups is 1. The molecule has 170 valence electrons. The average molecular weight is 459 g/mol. The highest BCUT2D eigenvalue weighted by Gasteiger charge is 2.13. The number of nitrogens with zero attached hydrogens (tertiary/aromatic N) is 3. The number of hydrogen-bond acceptors (Lipinski definition) is 4. The van der Waals surface area contributed by atoms with Gasteiger partial charge in [0.25, 0.3) is 5.91 Å². The molecule has 0 unspecified atom stereocenters. The Kier molecular flexibility index (Phi) is 5.11. The van der Waals surface area contributed by atoms with Crippen LogP contribution >= 0.6 is 0 Å². The van der Waals surface area contributed by atoms with E-state index in [1.807, 2.05) is 85.8 Å². The van der Waals surface area contributed by atoms with Crippen molar-refractivity contribution in [2.75, 3.05) is 11.9 Å². The van der Waals surface area contributed by atoms with E-state index in [2.05, 4.69) is 28.6 Å². The highest BCUT2D eigenvalue weighted by molar-refractivity contribution is 5.96. The summed E-state index contributed by atoms with van der Waals surface area (Å²) < 4.78 is 5.84. The average Bonchev–Trinajstić information content (AvgIpc) is 3.29. The zero-order chi connectivity index (χ0) is 23.8. The predicted molar refractivity (Wildman–Crippen MR) is 139 cm³/mol. The van der Waals surface area contributed by atoms with Crippen LogP contribution in [-0.2, 0) is 4.79 Å². The third kappa shape index (κ3) is 3.95. The Balaban J connectivity index is 1.24. The van der Waals surface area contributed by atoms with Crippen molar-refractivity contribution in [1.82, 2.24) is 15.0 Å². The van der Waals surface area contributed by atoms with Crippen LogP contribution in [0, 0.1) is 6.92 Å². The van der Waals surface area contributed by atoms with Gasteiger partial charge in [-0.15, -0.1) is 15.0 Å². The Morgan fingerprint density at radius 1 is 0.800 bits per heavy atom. The van der Waals surface area contributed by atoms with Crippen molar-refractivity contribution in [3.05, 3.63) is 103 Å². The number of amides is 1. The second-order valence-corrected chi connectivity index (χ2v) is 8.46. The van der Waals surface area contributed by atoms with E-state index in [0.717, 1.165) is 38.3 Å². The van der Waals surface area contributed by atoms with E-state index in [4.69, 9.17) is 9.84 Å². The van der Waals surface area contributed by atoms with Crippen molar-refractivity contribution in [2.45, 2.75) is 6.92 Å². The molecule has 35 heavy (non-hydrogen) atoms. The van der Waals surface area contributed by atoms with E-state index in [1.165, 1.54) is 0 Å². The molecule has 0 bridgehead atoms. The minimum Gasteiger partial charge on any atom is -0.483 e. The molecule has 6 heteroatoms. The Bertz CT molecular complexity index is 1710. The van der Waals surface area contributed by atoms with Crippen molar-refractivity contribution in [3.8, 4) is 11.4 Å². The van der Waals surface area contributed by atoms with Crippen molar-refractivity contribution < 1.29 is 9.53 Å². The van der Waals surface area contributed by atoms with Crippen molar-refractivity contribution in [1.29, 1.82) is 0 Å². The highest BCUT2D eigenvalue weighted by Crippen LogP contribution is 2.27. The number of aryl methyl sites for hydroxylation is 1. The first-order valence-electron chi connectivity index (χ1n) is 11.4. The Labute approximate surface area is 201 Å². The predicted octanol–water partition coefficient (Wildman–Crippen LogP) is 6.05. The molecule has 6 nitrogen and oxygen atoms in total. The third-order valence-electron chi connectivity index (χ3n) is 6.09. The van der Waals surface area contributed by atoms with Gasteiger partial charge in [-0.05, 0) is 47.5 Å². The number of benzene rings is 5. The molecule has 0 aliphatic carbocycles. The minimum atomic E-state index is -0.234. The van der Waals surface area contributed by atoms with Gasteiger partial charge in [-0.25, -0.2) is 0 Å². The van der Waals surface area contributed by atoms with Gasteiger partial charge in [-0.1, -0.05) is 72.8 Å². The van der Waals surface area contributed by atoms with Crippen LogP contribution in [0.3, 0.4) is 0 Å². The second kappa shape index (κ2) is 8.57. The lowest BCUT2D eigenvalue weighted by Gasteiger charge is -2.11. The molecule has 1 amide bonds. The number of ether oxygens (including phenoxy) is 1. The smallest absolute Gasteiger partial charge is 0.262 e. The minimum absolute atomic E-state index is 0.0891. The first kappa shape index (κ1) is 20.9. The molecule has 1 N–H and O–H groups in total. The molecule has 0 spiro atoms. The Hall–Kier alpha value is -4.71. The molecule has 0 atom stereocenters. The summed E-state index contributed by atoms with van der Waals surface area (Å²) in [5.74, 6) is 0.449. The van der Waals surface area contributed by atoms with Crippen molar-refractivity contribution in [3.63, 3.8) is 0 Å². The summed E-state index contributed by atoms with van der Waals surface area (Å²) in [5.41, 5.74) is 3.97. The molecule has 6 rings (SSSR count). The summed E-state index contributed by atoms with van der Waals surface area (Å²) in [7, 11) is 0. The van der Waals surface area contributed by atoms with Crippen LogP contribution in [0.5, 0.6) is 5.75 Å². The summed E-state index contributed by atoms with van der Waals surface area (Å²) in [6, 6.07) is 31.8. The van der Waals surface area contributed by atoms with Crippen LogP contribution in [0.1, 0.15) is 5.56 Å². The fraction of sp³-hybridized carbons (Fsp3) is 0.0690. The molecule has 0 radical (unpaired) electrons. The lowest BCUT2D eigenvalue weighted by atomic mass is 10.1. The first-order valence-corrected chi connectivity index (χ1v) is 11.4. The van der Waals surface area contributed by atoms with E-state index >= 15 is 0 Å². The van der Waals surface area contributed by atoms with Gasteiger partial charge in [-0.3, -0.25) is 4.79 Å². The fourth-order valence-electron chi connectivity index (χ4n) is 4.34. The summed E-state index contributed by atoms with van der Waals surface area (Å²) in [6.07, 6.45) is 0. The highest BCUT2D eigenvalue weighted by atomic mass is 16.5. The van der Waals surface area contributed by atoms with Crippen LogP contribution in [0.25, 0.3) is 38.3 Å². The standard InChI is InChI=1S/C29H22N4O2/c1-19-16-25-26(32-33(31-25)27-14-6-10-20-8-2-4-12-22(20)27)17-24(19)30-29(34)18-35-28-15-7-11-21-9-3-5-13-23(21)28/h2-17H,18H2,1H3,(H,30,34).